The molecule has 3 rings (SSSR count). The molecule has 0 unspecified atom stereocenters. The molecule has 0 aliphatic carbocycles. The van der Waals surface area contributed by atoms with E-state index in [4.69, 9.17) is 0 Å². The first-order chi connectivity index (χ1) is 13.4. The Labute approximate surface area is 161 Å². The van der Waals surface area contributed by atoms with E-state index in [0.717, 1.165) is 12.8 Å². The third-order valence-electron chi connectivity index (χ3n) is 4.83. The number of aliphatic hydroxyl groups is 1. The van der Waals surface area contributed by atoms with Crippen LogP contribution in [0.3, 0.4) is 0 Å². The first-order valence-corrected chi connectivity index (χ1v) is 9.45. The highest BCUT2D eigenvalue weighted by molar-refractivity contribution is 5.94. The SMILES string of the molecule is CCCCn1c(=O)[nH]c(=O)c2c(-c3ccc(F)cc3)c(CO)c(C(C)C)nc21. The van der Waals surface area contributed by atoms with Crippen LogP contribution in [0.2, 0.25) is 0 Å². The van der Waals surface area contributed by atoms with Gasteiger partial charge in [-0.1, -0.05) is 39.3 Å². The molecule has 2 heterocycles. The van der Waals surface area contributed by atoms with E-state index in [2.05, 4.69) is 9.97 Å². The van der Waals surface area contributed by atoms with Crippen molar-refractivity contribution >= 4 is 11.0 Å². The van der Waals surface area contributed by atoms with Crippen LogP contribution in [0.1, 0.15) is 50.8 Å². The summed E-state index contributed by atoms with van der Waals surface area (Å²) in [6.07, 6.45) is 1.64. The third kappa shape index (κ3) is 3.49. The molecule has 6 nitrogen and oxygen atoms in total. The van der Waals surface area contributed by atoms with Crippen molar-refractivity contribution in [1.29, 1.82) is 0 Å². The number of aromatic amines is 1. The number of benzene rings is 1. The molecule has 0 aliphatic heterocycles. The number of aryl methyl sites for hydroxylation is 1. The summed E-state index contributed by atoms with van der Waals surface area (Å²) in [6.45, 7) is 5.98. The van der Waals surface area contributed by atoms with Gasteiger partial charge in [-0.15, -0.1) is 0 Å². The number of hydrogen-bond donors (Lipinski definition) is 2. The molecule has 0 amide bonds. The zero-order valence-electron chi connectivity index (χ0n) is 16.3. The number of H-pyrrole nitrogens is 1. The first kappa shape index (κ1) is 19.9. The number of aromatic nitrogens is 3. The van der Waals surface area contributed by atoms with Gasteiger partial charge >= 0.3 is 5.69 Å². The summed E-state index contributed by atoms with van der Waals surface area (Å²) in [6, 6.07) is 5.74. The van der Waals surface area contributed by atoms with Crippen LogP contribution in [0.4, 0.5) is 4.39 Å². The van der Waals surface area contributed by atoms with Gasteiger partial charge in [0.2, 0.25) is 0 Å². The fourth-order valence-corrected chi connectivity index (χ4v) is 3.46. The fraction of sp³-hybridized carbons (Fsp3) is 0.381. The van der Waals surface area contributed by atoms with Crippen molar-refractivity contribution in [3.63, 3.8) is 0 Å². The Bertz CT molecular complexity index is 1110. The van der Waals surface area contributed by atoms with Crippen LogP contribution in [0.5, 0.6) is 0 Å². The highest BCUT2D eigenvalue weighted by atomic mass is 19.1. The maximum Gasteiger partial charge on any atom is 0.329 e. The van der Waals surface area contributed by atoms with Crippen LogP contribution in [0.25, 0.3) is 22.2 Å². The van der Waals surface area contributed by atoms with Gasteiger partial charge in [0.15, 0.2) is 0 Å². The number of nitrogens with one attached hydrogen (secondary N) is 1. The van der Waals surface area contributed by atoms with Gasteiger partial charge in [0.1, 0.15) is 11.5 Å². The molecule has 0 aliphatic rings. The van der Waals surface area contributed by atoms with Gasteiger partial charge in [0, 0.05) is 17.7 Å². The van der Waals surface area contributed by atoms with Crippen molar-refractivity contribution in [2.45, 2.75) is 52.7 Å². The van der Waals surface area contributed by atoms with Crippen molar-refractivity contribution in [2.75, 3.05) is 0 Å². The van der Waals surface area contributed by atoms with Crippen molar-refractivity contribution in [3.8, 4) is 11.1 Å². The molecule has 148 valence electrons. The number of pyridine rings is 1. The summed E-state index contributed by atoms with van der Waals surface area (Å²) in [5.41, 5.74) is 1.43. The Balaban J connectivity index is 2.52. The molecule has 0 spiro atoms. The van der Waals surface area contributed by atoms with Gasteiger partial charge in [-0.05, 0) is 30.0 Å². The summed E-state index contributed by atoms with van der Waals surface area (Å²) in [4.78, 5) is 32.2. The molecule has 0 atom stereocenters. The molecule has 7 heteroatoms. The Hall–Kier alpha value is -2.80. The van der Waals surface area contributed by atoms with Crippen molar-refractivity contribution in [3.05, 3.63) is 62.2 Å². The molecule has 0 saturated heterocycles. The van der Waals surface area contributed by atoms with E-state index in [0.29, 0.717) is 34.6 Å². The molecule has 2 N–H and O–H groups in total. The highest BCUT2D eigenvalue weighted by Crippen LogP contribution is 2.34. The average Bonchev–Trinajstić information content (AvgIpc) is 2.66. The zero-order chi connectivity index (χ0) is 20.4. The molecule has 3 aromatic rings. The fourth-order valence-electron chi connectivity index (χ4n) is 3.46. The lowest BCUT2D eigenvalue weighted by molar-refractivity contribution is 0.280. The number of unbranched alkanes of at least 4 members (excludes halogenated alkanes) is 1. The lowest BCUT2D eigenvalue weighted by Gasteiger charge is -2.19. The van der Waals surface area contributed by atoms with E-state index < -0.39 is 17.1 Å². The quantitative estimate of drug-likeness (QED) is 0.681. The molecule has 2 aromatic heterocycles. The summed E-state index contributed by atoms with van der Waals surface area (Å²) in [5.74, 6) is -0.440. The minimum Gasteiger partial charge on any atom is -0.392 e. The van der Waals surface area contributed by atoms with Crippen LogP contribution in [-0.4, -0.2) is 19.6 Å². The van der Waals surface area contributed by atoms with E-state index in [9.17, 15) is 19.1 Å². The van der Waals surface area contributed by atoms with Crippen LogP contribution < -0.4 is 11.2 Å². The number of nitrogens with zero attached hydrogens (tertiary/aromatic N) is 2. The Kier molecular flexibility index (Phi) is 5.74. The van der Waals surface area contributed by atoms with Gasteiger partial charge in [-0.2, -0.15) is 0 Å². The predicted molar refractivity (Wildman–Crippen MR) is 107 cm³/mol. The molecule has 0 radical (unpaired) electrons. The topological polar surface area (TPSA) is 88.0 Å². The van der Waals surface area contributed by atoms with Crippen molar-refractivity contribution in [1.82, 2.24) is 14.5 Å². The number of halogens is 1. The summed E-state index contributed by atoms with van der Waals surface area (Å²) >= 11 is 0. The molecule has 0 saturated carbocycles. The second-order valence-corrected chi connectivity index (χ2v) is 7.13. The average molecular weight is 385 g/mol. The maximum absolute atomic E-state index is 13.5. The largest absolute Gasteiger partial charge is 0.392 e. The standard InChI is InChI=1S/C21H24FN3O3/c1-4-5-10-25-19-17(20(27)24-21(25)28)16(13-6-8-14(22)9-7-13)15(11-26)18(23-19)12(2)3/h6-9,12,26H,4-5,10-11H2,1-3H3,(H,24,27,28). The lowest BCUT2D eigenvalue weighted by atomic mass is 9.92. The van der Waals surface area contributed by atoms with E-state index in [1.807, 2.05) is 20.8 Å². The number of aliphatic hydroxyl groups excluding tert-OH is 1. The Morgan fingerprint density at radius 3 is 2.46 bits per heavy atom. The number of fused-ring (bicyclic) bond motifs is 1. The maximum atomic E-state index is 13.5. The van der Waals surface area contributed by atoms with Gasteiger partial charge in [0.05, 0.1) is 17.7 Å². The van der Waals surface area contributed by atoms with Crippen molar-refractivity contribution in [2.24, 2.45) is 0 Å². The smallest absolute Gasteiger partial charge is 0.329 e. The van der Waals surface area contributed by atoms with Gasteiger partial charge in [-0.25, -0.2) is 14.2 Å². The van der Waals surface area contributed by atoms with E-state index >= 15 is 0 Å². The monoisotopic (exact) mass is 385 g/mol. The predicted octanol–water partition coefficient (Wildman–Crippen LogP) is 3.31. The minimum absolute atomic E-state index is 0.0419. The minimum atomic E-state index is -0.565. The molecule has 0 fully saturated rings. The Morgan fingerprint density at radius 2 is 1.89 bits per heavy atom. The lowest BCUT2D eigenvalue weighted by Crippen LogP contribution is -2.32. The van der Waals surface area contributed by atoms with Crippen LogP contribution >= 0.6 is 0 Å². The highest BCUT2D eigenvalue weighted by Gasteiger charge is 2.22. The molecule has 1 aromatic carbocycles. The molecule has 0 bridgehead atoms. The summed E-state index contributed by atoms with van der Waals surface area (Å²) < 4.78 is 14.9. The van der Waals surface area contributed by atoms with Crippen LogP contribution in [-0.2, 0) is 13.2 Å². The van der Waals surface area contributed by atoms with E-state index in [1.54, 1.807) is 12.1 Å². The Morgan fingerprint density at radius 1 is 1.21 bits per heavy atom. The molecular weight excluding hydrogens is 361 g/mol. The third-order valence-corrected chi connectivity index (χ3v) is 4.83. The zero-order valence-corrected chi connectivity index (χ0v) is 16.3. The molecule has 28 heavy (non-hydrogen) atoms. The first-order valence-electron chi connectivity index (χ1n) is 9.45. The van der Waals surface area contributed by atoms with Gasteiger partial charge in [-0.3, -0.25) is 14.3 Å². The number of rotatable bonds is 6. The summed E-state index contributed by atoms with van der Waals surface area (Å²) in [7, 11) is 0. The summed E-state index contributed by atoms with van der Waals surface area (Å²) in [5, 5.41) is 10.3. The van der Waals surface area contributed by atoms with E-state index in [1.165, 1.54) is 16.7 Å². The van der Waals surface area contributed by atoms with Gasteiger partial charge < -0.3 is 5.11 Å². The van der Waals surface area contributed by atoms with Crippen molar-refractivity contribution < 1.29 is 9.50 Å². The van der Waals surface area contributed by atoms with Crippen LogP contribution in [0, 0.1) is 5.82 Å². The second-order valence-electron chi connectivity index (χ2n) is 7.13. The van der Waals surface area contributed by atoms with E-state index in [-0.39, 0.29) is 17.9 Å². The normalized spacial score (nSPS) is 11.5. The second kappa shape index (κ2) is 8.06. The van der Waals surface area contributed by atoms with Gasteiger partial charge in [0.25, 0.3) is 5.56 Å². The van der Waals surface area contributed by atoms with Crippen LogP contribution in [0.15, 0.2) is 33.9 Å². The molecular formula is C21H24FN3O3. The number of hydrogen-bond acceptors (Lipinski definition) is 4.